The molecule has 132 valence electrons. The Morgan fingerprint density at radius 3 is 2.30 bits per heavy atom. The first kappa shape index (κ1) is 18.4. The molecule has 27 heavy (non-hydrogen) atoms. The van der Waals surface area contributed by atoms with Crippen LogP contribution >= 0.6 is 0 Å². The topological polar surface area (TPSA) is 0 Å². The maximum atomic E-state index is 4.30. The molecule has 0 spiro atoms. The Balaban J connectivity index is 2.30. The average Bonchev–Trinajstić information content (AvgIpc) is 2.71. The molecule has 0 atom stereocenters. The minimum atomic E-state index is 0.869. The van der Waals surface area contributed by atoms with Crippen LogP contribution < -0.4 is 0 Å². The van der Waals surface area contributed by atoms with Crippen molar-refractivity contribution in [2.45, 2.75) is 6.92 Å². The fraction of sp³-hybridized carbons (Fsp3) is 0.0370. The molecule has 0 bridgehead atoms. The summed E-state index contributed by atoms with van der Waals surface area (Å²) >= 11 is 0. The molecular formula is C27H24. The lowest BCUT2D eigenvalue weighted by Crippen LogP contribution is -1.96. The lowest BCUT2D eigenvalue weighted by Gasteiger charge is -2.17. The number of rotatable bonds is 6. The number of aryl methyl sites for hydroxylation is 1. The number of allylic oxidation sites excluding steroid dienone is 5. The van der Waals surface area contributed by atoms with Crippen LogP contribution in [0, 0.1) is 6.92 Å². The van der Waals surface area contributed by atoms with Crippen LogP contribution in [-0.4, -0.2) is 0 Å². The Morgan fingerprint density at radius 2 is 1.63 bits per heavy atom. The van der Waals surface area contributed by atoms with E-state index in [1.165, 1.54) is 27.5 Å². The van der Waals surface area contributed by atoms with E-state index >= 15 is 0 Å². The van der Waals surface area contributed by atoms with Gasteiger partial charge in [-0.2, -0.15) is 0 Å². The zero-order valence-electron chi connectivity index (χ0n) is 15.8. The summed E-state index contributed by atoms with van der Waals surface area (Å²) in [6, 6.07) is 19.1. The summed E-state index contributed by atoms with van der Waals surface area (Å²) in [6.45, 7) is 18.4. The maximum Gasteiger partial charge on any atom is -0.00961 e. The van der Waals surface area contributed by atoms with E-state index in [0.717, 1.165) is 22.3 Å². The Hall–Kier alpha value is -3.38. The molecule has 0 aliphatic rings. The molecule has 0 N–H and O–H groups in total. The third kappa shape index (κ3) is 3.47. The number of fused-ring (bicyclic) bond motifs is 1. The summed E-state index contributed by atoms with van der Waals surface area (Å²) in [5, 5.41) is 2.44. The van der Waals surface area contributed by atoms with Crippen LogP contribution in [0.2, 0.25) is 0 Å². The van der Waals surface area contributed by atoms with Gasteiger partial charge in [-0.05, 0) is 62.7 Å². The van der Waals surface area contributed by atoms with Crippen LogP contribution in [0.3, 0.4) is 0 Å². The minimum Gasteiger partial charge on any atom is -0.0991 e. The number of hydrogen-bond acceptors (Lipinski definition) is 0. The molecule has 3 aromatic carbocycles. The van der Waals surface area contributed by atoms with Gasteiger partial charge < -0.3 is 0 Å². The molecule has 0 aromatic heterocycles. The monoisotopic (exact) mass is 348 g/mol. The summed E-state index contributed by atoms with van der Waals surface area (Å²) in [4.78, 5) is 0. The highest BCUT2D eigenvalue weighted by Gasteiger charge is 2.14. The second-order valence-corrected chi connectivity index (χ2v) is 6.53. The summed E-state index contributed by atoms with van der Waals surface area (Å²) in [7, 11) is 0. The second kappa shape index (κ2) is 7.88. The van der Waals surface area contributed by atoms with E-state index in [4.69, 9.17) is 0 Å². The van der Waals surface area contributed by atoms with Crippen molar-refractivity contribution in [3.8, 4) is 11.1 Å². The van der Waals surface area contributed by atoms with Crippen LogP contribution in [-0.2, 0) is 0 Å². The molecule has 0 unspecified atom stereocenters. The highest BCUT2D eigenvalue weighted by molar-refractivity contribution is 6.03. The predicted octanol–water partition coefficient (Wildman–Crippen LogP) is 7.77. The van der Waals surface area contributed by atoms with Crippen molar-refractivity contribution in [3.05, 3.63) is 121 Å². The van der Waals surface area contributed by atoms with Gasteiger partial charge >= 0.3 is 0 Å². The van der Waals surface area contributed by atoms with Crippen molar-refractivity contribution >= 4 is 22.4 Å². The van der Waals surface area contributed by atoms with E-state index in [1.807, 2.05) is 24.3 Å². The smallest absolute Gasteiger partial charge is 0.00961 e. The lowest BCUT2D eigenvalue weighted by atomic mass is 9.86. The van der Waals surface area contributed by atoms with Gasteiger partial charge in [-0.1, -0.05) is 99.2 Å². The molecule has 0 saturated heterocycles. The first-order valence-electron chi connectivity index (χ1n) is 9.00. The zero-order chi connectivity index (χ0) is 19.4. The first-order valence-corrected chi connectivity index (χ1v) is 9.00. The Labute approximate surface area is 162 Å². The molecular weight excluding hydrogens is 324 g/mol. The fourth-order valence-corrected chi connectivity index (χ4v) is 3.46. The van der Waals surface area contributed by atoms with Crippen molar-refractivity contribution in [3.63, 3.8) is 0 Å². The van der Waals surface area contributed by atoms with Gasteiger partial charge in [-0.15, -0.1) is 0 Å². The molecule has 0 amide bonds. The van der Waals surface area contributed by atoms with Crippen LogP contribution in [0.15, 0.2) is 105 Å². The van der Waals surface area contributed by atoms with Crippen LogP contribution in [0.5, 0.6) is 0 Å². The molecule has 0 fully saturated rings. The largest absolute Gasteiger partial charge is 0.0991 e. The normalized spacial score (nSPS) is 10.9. The Bertz CT molecular complexity index is 1080. The summed E-state index contributed by atoms with van der Waals surface area (Å²) < 4.78 is 0. The van der Waals surface area contributed by atoms with Gasteiger partial charge in [-0.3, -0.25) is 0 Å². The maximum absolute atomic E-state index is 4.30. The van der Waals surface area contributed by atoms with E-state index in [-0.39, 0.29) is 0 Å². The van der Waals surface area contributed by atoms with E-state index in [0.29, 0.717) is 0 Å². The lowest BCUT2D eigenvalue weighted by molar-refractivity contribution is 1.46. The van der Waals surface area contributed by atoms with E-state index in [9.17, 15) is 0 Å². The predicted molar refractivity (Wildman–Crippen MR) is 122 cm³/mol. The molecule has 0 heteroatoms. The Morgan fingerprint density at radius 1 is 0.889 bits per heavy atom. The molecule has 0 nitrogen and oxygen atoms in total. The highest BCUT2D eigenvalue weighted by Crippen LogP contribution is 2.37. The summed E-state index contributed by atoms with van der Waals surface area (Å²) in [6.07, 6.45) is 7.47. The van der Waals surface area contributed by atoms with Crippen LogP contribution in [0.25, 0.3) is 33.5 Å². The standard InChI is InChI=1S/C27H24/c1-6-8-13-19(3)20(4)26-18-27-24(21(5)23(26)7-2)16-12-17-25(27)22-14-10-9-11-15-22/h6-18H,1-4H2,5H3/b13-8-. The van der Waals surface area contributed by atoms with Gasteiger partial charge in [0.15, 0.2) is 0 Å². The molecule has 0 aliphatic heterocycles. The van der Waals surface area contributed by atoms with Crippen molar-refractivity contribution in [1.82, 2.24) is 0 Å². The van der Waals surface area contributed by atoms with E-state index < -0.39 is 0 Å². The quantitative estimate of drug-likeness (QED) is 0.399. The third-order valence-electron chi connectivity index (χ3n) is 4.93. The van der Waals surface area contributed by atoms with Crippen LogP contribution in [0.4, 0.5) is 0 Å². The SMILES string of the molecule is C=C/C=C\C(=C)C(=C)c1cc2c(-c3ccccc3)cccc2c(C)c1C=C. The average molecular weight is 348 g/mol. The zero-order valence-corrected chi connectivity index (χ0v) is 15.8. The van der Waals surface area contributed by atoms with Gasteiger partial charge in [0.1, 0.15) is 0 Å². The van der Waals surface area contributed by atoms with Crippen molar-refractivity contribution in [2.24, 2.45) is 0 Å². The van der Waals surface area contributed by atoms with E-state index in [2.05, 4.69) is 81.8 Å². The molecule has 0 heterocycles. The van der Waals surface area contributed by atoms with Crippen LogP contribution in [0.1, 0.15) is 16.7 Å². The molecule has 3 aromatic rings. The first-order chi connectivity index (χ1) is 13.1. The minimum absolute atomic E-state index is 0.869. The highest BCUT2D eigenvalue weighted by atomic mass is 14.2. The second-order valence-electron chi connectivity index (χ2n) is 6.53. The Kier molecular flexibility index (Phi) is 5.38. The molecule has 0 aliphatic carbocycles. The van der Waals surface area contributed by atoms with Crippen molar-refractivity contribution < 1.29 is 0 Å². The molecule has 0 saturated carbocycles. The van der Waals surface area contributed by atoms with Gasteiger partial charge in [0, 0.05) is 0 Å². The van der Waals surface area contributed by atoms with Gasteiger partial charge in [0.25, 0.3) is 0 Å². The van der Waals surface area contributed by atoms with Crippen molar-refractivity contribution in [1.29, 1.82) is 0 Å². The van der Waals surface area contributed by atoms with Gasteiger partial charge in [0.05, 0.1) is 0 Å². The van der Waals surface area contributed by atoms with Crippen molar-refractivity contribution in [2.75, 3.05) is 0 Å². The molecule has 0 radical (unpaired) electrons. The van der Waals surface area contributed by atoms with Gasteiger partial charge in [-0.25, -0.2) is 0 Å². The summed E-state index contributed by atoms with van der Waals surface area (Å²) in [5.41, 5.74) is 7.56. The van der Waals surface area contributed by atoms with Gasteiger partial charge in [0.2, 0.25) is 0 Å². The number of benzene rings is 3. The fourth-order valence-electron chi connectivity index (χ4n) is 3.46. The summed E-state index contributed by atoms with van der Waals surface area (Å²) in [5.74, 6) is 0. The number of hydrogen-bond donors (Lipinski definition) is 0. The van der Waals surface area contributed by atoms with E-state index in [1.54, 1.807) is 6.08 Å². The molecule has 3 rings (SSSR count). The third-order valence-corrected chi connectivity index (χ3v) is 4.93.